The van der Waals surface area contributed by atoms with Gasteiger partial charge >= 0.3 is 0 Å². The van der Waals surface area contributed by atoms with E-state index in [1.807, 2.05) is 32.0 Å². The minimum Gasteiger partial charge on any atom is -0.328 e. The number of nitrogens with zero attached hydrogens (tertiary/aromatic N) is 3. The van der Waals surface area contributed by atoms with Crippen molar-refractivity contribution in [2.75, 3.05) is 18.9 Å². The third-order valence-electron chi connectivity index (χ3n) is 6.33. The predicted molar refractivity (Wildman–Crippen MR) is 135 cm³/mol. The maximum atomic E-state index is 13.6. The summed E-state index contributed by atoms with van der Waals surface area (Å²) in [5.74, 6) is -2.50. The number of carbonyl (C=O) groups is 4. The molecule has 10 heteroatoms. The van der Waals surface area contributed by atoms with Crippen LogP contribution in [-0.2, 0) is 9.59 Å². The fourth-order valence-corrected chi connectivity index (χ4v) is 4.34. The highest BCUT2D eigenvalue weighted by Crippen LogP contribution is 2.28. The molecule has 3 aromatic rings. The van der Waals surface area contributed by atoms with Crippen molar-refractivity contribution in [2.45, 2.75) is 19.9 Å². The second-order valence-electron chi connectivity index (χ2n) is 8.76. The molecule has 1 atom stereocenters. The highest BCUT2D eigenvalue weighted by Gasteiger charge is 2.38. The van der Waals surface area contributed by atoms with Crippen LogP contribution < -0.4 is 5.32 Å². The van der Waals surface area contributed by atoms with Gasteiger partial charge in [0.2, 0.25) is 5.91 Å². The van der Waals surface area contributed by atoms with Crippen LogP contribution in [-0.4, -0.2) is 51.9 Å². The minimum atomic E-state index is -1.28. The smallest absolute Gasteiger partial charge is 0.269 e. The molecule has 1 heterocycles. The van der Waals surface area contributed by atoms with Gasteiger partial charge in [0.15, 0.2) is 0 Å². The number of para-hydroxylation sites is 1. The number of imide groups is 1. The van der Waals surface area contributed by atoms with Gasteiger partial charge < -0.3 is 10.2 Å². The first-order valence-electron chi connectivity index (χ1n) is 11.4. The summed E-state index contributed by atoms with van der Waals surface area (Å²) in [5, 5.41) is 14.2. The molecule has 10 nitrogen and oxygen atoms in total. The molecular formula is C27H24N4O6. The van der Waals surface area contributed by atoms with Crippen LogP contribution in [0.2, 0.25) is 0 Å². The molecule has 188 valence electrons. The van der Waals surface area contributed by atoms with Crippen molar-refractivity contribution in [2.24, 2.45) is 0 Å². The fourth-order valence-electron chi connectivity index (χ4n) is 4.34. The Hall–Kier alpha value is -4.86. The van der Waals surface area contributed by atoms with Crippen LogP contribution in [0.1, 0.15) is 43.4 Å². The normalized spacial score (nSPS) is 13.2. The fraction of sp³-hybridized carbons (Fsp3) is 0.185. The van der Waals surface area contributed by atoms with Gasteiger partial charge in [-0.25, -0.2) is 0 Å². The number of benzene rings is 3. The molecule has 0 saturated carbocycles. The van der Waals surface area contributed by atoms with E-state index in [0.717, 1.165) is 20.9 Å². The number of carbonyl (C=O) groups excluding carboxylic acids is 4. The molecule has 0 saturated heterocycles. The highest BCUT2D eigenvalue weighted by molar-refractivity contribution is 6.22. The number of nitro benzene ring substituents is 1. The Morgan fingerprint density at radius 1 is 0.946 bits per heavy atom. The standard InChI is InChI=1S/C27H24N4O6/c1-16-8-6-9-17(2)23(16)28-25(33)24(18-10-7-11-19(14-18)31(36)37)29(3)22(32)15-30-26(34)20-12-4-5-13-21(20)27(30)35/h4-14,24H,15H2,1-3H3,(H,28,33)/t24-/m0/s1. The molecule has 0 aliphatic carbocycles. The van der Waals surface area contributed by atoms with Crippen molar-refractivity contribution >= 4 is 35.0 Å². The van der Waals surface area contributed by atoms with Crippen LogP contribution in [0.3, 0.4) is 0 Å². The second-order valence-corrected chi connectivity index (χ2v) is 8.76. The van der Waals surface area contributed by atoms with Crippen LogP contribution in [0.25, 0.3) is 0 Å². The van der Waals surface area contributed by atoms with Gasteiger partial charge in [0.25, 0.3) is 23.4 Å². The van der Waals surface area contributed by atoms with Crippen LogP contribution >= 0.6 is 0 Å². The molecule has 0 aromatic heterocycles. The zero-order valence-corrected chi connectivity index (χ0v) is 20.4. The lowest BCUT2D eigenvalue weighted by atomic mass is 10.0. The average molecular weight is 501 g/mol. The summed E-state index contributed by atoms with van der Waals surface area (Å²) in [6.07, 6.45) is 0. The largest absolute Gasteiger partial charge is 0.328 e. The molecule has 1 N–H and O–H groups in total. The number of non-ortho nitro benzene ring substituents is 1. The predicted octanol–water partition coefficient (Wildman–Crippen LogP) is 3.65. The number of nitrogens with one attached hydrogen (secondary N) is 1. The van der Waals surface area contributed by atoms with Crippen molar-refractivity contribution in [3.8, 4) is 0 Å². The number of aryl methyl sites for hydroxylation is 2. The van der Waals surface area contributed by atoms with Crippen molar-refractivity contribution in [3.05, 3.63) is 105 Å². The summed E-state index contributed by atoms with van der Waals surface area (Å²) < 4.78 is 0. The summed E-state index contributed by atoms with van der Waals surface area (Å²) in [6, 6.07) is 15.9. The maximum absolute atomic E-state index is 13.6. The van der Waals surface area contributed by atoms with Gasteiger partial charge in [0.05, 0.1) is 16.1 Å². The van der Waals surface area contributed by atoms with E-state index in [2.05, 4.69) is 5.32 Å². The number of anilines is 1. The number of nitro groups is 1. The SMILES string of the molecule is Cc1cccc(C)c1NC(=O)[C@H](c1cccc([N+](=O)[O-])c1)N(C)C(=O)CN1C(=O)c2ccccc2C1=O. The lowest BCUT2D eigenvalue weighted by molar-refractivity contribution is -0.384. The topological polar surface area (TPSA) is 130 Å². The van der Waals surface area contributed by atoms with Gasteiger partial charge in [0, 0.05) is 24.9 Å². The number of hydrogen-bond donors (Lipinski definition) is 1. The van der Waals surface area contributed by atoms with Crippen LogP contribution in [0, 0.1) is 24.0 Å². The van der Waals surface area contributed by atoms with E-state index in [-0.39, 0.29) is 22.4 Å². The summed E-state index contributed by atoms with van der Waals surface area (Å²) >= 11 is 0. The van der Waals surface area contributed by atoms with Crippen molar-refractivity contribution in [3.63, 3.8) is 0 Å². The third-order valence-corrected chi connectivity index (χ3v) is 6.33. The highest BCUT2D eigenvalue weighted by atomic mass is 16.6. The molecule has 4 amide bonds. The molecule has 0 fully saturated rings. The first-order chi connectivity index (χ1) is 17.6. The zero-order chi connectivity index (χ0) is 26.9. The Labute approximate surface area is 212 Å². The summed E-state index contributed by atoms with van der Waals surface area (Å²) in [4.78, 5) is 65.1. The number of fused-ring (bicyclic) bond motifs is 1. The number of hydrogen-bond acceptors (Lipinski definition) is 6. The first-order valence-corrected chi connectivity index (χ1v) is 11.4. The Bertz CT molecular complexity index is 1400. The third kappa shape index (κ3) is 4.81. The molecular weight excluding hydrogens is 476 g/mol. The first kappa shape index (κ1) is 25.2. The van der Waals surface area contributed by atoms with E-state index in [4.69, 9.17) is 0 Å². The molecule has 0 radical (unpaired) electrons. The molecule has 3 aromatic carbocycles. The molecule has 0 unspecified atom stereocenters. The minimum absolute atomic E-state index is 0.200. The second kappa shape index (κ2) is 10.0. The van der Waals surface area contributed by atoms with Crippen LogP contribution in [0.15, 0.2) is 66.7 Å². The van der Waals surface area contributed by atoms with Crippen LogP contribution in [0.5, 0.6) is 0 Å². The molecule has 4 rings (SSSR count). The van der Waals surface area contributed by atoms with Gasteiger partial charge in [0.1, 0.15) is 12.6 Å². The Morgan fingerprint density at radius 2 is 1.51 bits per heavy atom. The van der Waals surface area contributed by atoms with E-state index in [0.29, 0.717) is 5.69 Å². The van der Waals surface area contributed by atoms with Crippen molar-refractivity contribution in [1.29, 1.82) is 0 Å². The molecule has 1 aliphatic heterocycles. The van der Waals surface area contributed by atoms with E-state index in [1.165, 1.54) is 43.4 Å². The Morgan fingerprint density at radius 3 is 2.08 bits per heavy atom. The summed E-state index contributed by atoms with van der Waals surface area (Å²) in [5.41, 5.74) is 2.51. The van der Waals surface area contributed by atoms with E-state index in [9.17, 15) is 29.3 Å². The number of likely N-dealkylation sites (N-methyl/N-ethyl adjacent to an activating group) is 1. The zero-order valence-electron chi connectivity index (χ0n) is 20.4. The average Bonchev–Trinajstić information content (AvgIpc) is 3.11. The lowest BCUT2D eigenvalue weighted by Crippen LogP contribution is -2.45. The summed E-state index contributed by atoms with van der Waals surface area (Å²) in [7, 11) is 1.36. The van der Waals surface area contributed by atoms with E-state index < -0.39 is 41.1 Å². The van der Waals surface area contributed by atoms with Gasteiger partial charge in [-0.15, -0.1) is 0 Å². The van der Waals surface area contributed by atoms with Gasteiger partial charge in [-0.05, 0) is 42.7 Å². The molecule has 0 spiro atoms. The van der Waals surface area contributed by atoms with Crippen molar-refractivity contribution in [1.82, 2.24) is 9.80 Å². The summed E-state index contributed by atoms with van der Waals surface area (Å²) in [6.45, 7) is 3.05. The molecule has 37 heavy (non-hydrogen) atoms. The van der Waals surface area contributed by atoms with Crippen molar-refractivity contribution < 1.29 is 24.1 Å². The van der Waals surface area contributed by atoms with Crippen LogP contribution in [0.4, 0.5) is 11.4 Å². The monoisotopic (exact) mass is 500 g/mol. The Kier molecular flexibility index (Phi) is 6.83. The maximum Gasteiger partial charge on any atom is 0.269 e. The molecule has 1 aliphatic rings. The lowest BCUT2D eigenvalue weighted by Gasteiger charge is -2.29. The molecule has 0 bridgehead atoms. The van der Waals surface area contributed by atoms with Gasteiger partial charge in [-0.3, -0.25) is 34.2 Å². The van der Waals surface area contributed by atoms with E-state index >= 15 is 0 Å². The quantitative estimate of drug-likeness (QED) is 0.299. The number of amides is 4. The Balaban J connectivity index is 1.66. The number of rotatable bonds is 7. The van der Waals surface area contributed by atoms with Gasteiger partial charge in [-0.1, -0.05) is 42.5 Å². The van der Waals surface area contributed by atoms with Gasteiger partial charge in [-0.2, -0.15) is 0 Å². The van der Waals surface area contributed by atoms with E-state index in [1.54, 1.807) is 12.1 Å².